The van der Waals surface area contributed by atoms with E-state index in [0.29, 0.717) is 12.0 Å². The van der Waals surface area contributed by atoms with Gasteiger partial charge in [-0.25, -0.2) is 4.39 Å². The second-order valence-corrected chi connectivity index (χ2v) is 6.95. The van der Waals surface area contributed by atoms with E-state index >= 15 is 0 Å². The van der Waals surface area contributed by atoms with Gasteiger partial charge in [-0.1, -0.05) is 39.0 Å². The largest absolute Gasteiger partial charge is 0.333 e. The van der Waals surface area contributed by atoms with Crippen LogP contribution in [0.3, 0.4) is 0 Å². The van der Waals surface area contributed by atoms with Gasteiger partial charge in [0.1, 0.15) is 5.82 Å². The summed E-state index contributed by atoms with van der Waals surface area (Å²) in [6, 6.07) is 11.5. The zero-order valence-corrected chi connectivity index (χ0v) is 14.1. The Labute approximate surface area is 137 Å². The number of nitrogens with zero attached hydrogens (tertiary/aromatic N) is 2. The van der Waals surface area contributed by atoms with Crippen LogP contribution in [0.2, 0.25) is 0 Å². The molecule has 2 aromatic rings. The predicted octanol–water partition coefficient (Wildman–Crippen LogP) is 4.20. The fraction of sp³-hybridized carbons (Fsp3) is 0.368. The normalized spacial score (nSPS) is 12.7. The maximum Gasteiger partial charge on any atom is 0.223 e. The lowest BCUT2D eigenvalue weighted by atomic mass is 9.91. The lowest BCUT2D eigenvalue weighted by Gasteiger charge is -2.30. The van der Waals surface area contributed by atoms with E-state index in [1.54, 1.807) is 24.2 Å². The number of pyridine rings is 1. The monoisotopic (exact) mass is 314 g/mol. The van der Waals surface area contributed by atoms with Crippen molar-refractivity contribution in [2.24, 2.45) is 5.41 Å². The van der Waals surface area contributed by atoms with Crippen molar-refractivity contribution in [2.75, 3.05) is 7.05 Å². The van der Waals surface area contributed by atoms with Gasteiger partial charge in [0.05, 0.1) is 11.7 Å². The molecule has 122 valence electrons. The third-order valence-corrected chi connectivity index (χ3v) is 3.59. The molecule has 0 aliphatic heterocycles. The summed E-state index contributed by atoms with van der Waals surface area (Å²) in [5.74, 6) is -0.308. The van der Waals surface area contributed by atoms with Crippen molar-refractivity contribution < 1.29 is 9.18 Å². The smallest absolute Gasteiger partial charge is 0.223 e. The first-order valence-electron chi connectivity index (χ1n) is 7.70. The Morgan fingerprint density at radius 3 is 2.52 bits per heavy atom. The summed E-state index contributed by atoms with van der Waals surface area (Å²) >= 11 is 0. The summed E-state index contributed by atoms with van der Waals surface area (Å²) in [4.78, 5) is 18.7. The molecule has 2 rings (SSSR count). The second kappa shape index (κ2) is 6.90. The van der Waals surface area contributed by atoms with Crippen LogP contribution >= 0.6 is 0 Å². The molecule has 0 unspecified atom stereocenters. The molecule has 0 saturated carbocycles. The van der Waals surface area contributed by atoms with Gasteiger partial charge in [0, 0.05) is 19.7 Å². The van der Waals surface area contributed by atoms with Crippen LogP contribution in [-0.4, -0.2) is 22.8 Å². The number of benzene rings is 1. The Balaban J connectivity index is 2.40. The fourth-order valence-corrected chi connectivity index (χ4v) is 2.53. The van der Waals surface area contributed by atoms with E-state index in [1.807, 2.05) is 45.0 Å². The van der Waals surface area contributed by atoms with Crippen LogP contribution < -0.4 is 0 Å². The topological polar surface area (TPSA) is 33.2 Å². The highest BCUT2D eigenvalue weighted by Crippen LogP contribution is 2.29. The molecule has 3 nitrogen and oxygen atoms in total. The number of carbonyl (C=O) groups excluding carboxylic acids is 1. The summed E-state index contributed by atoms with van der Waals surface area (Å²) in [6.07, 6.45) is 2.10. The summed E-state index contributed by atoms with van der Waals surface area (Å²) in [7, 11) is 1.75. The van der Waals surface area contributed by atoms with E-state index in [4.69, 9.17) is 0 Å². The SMILES string of the molecule is CN(C(=O)CC(C)(C)C)[C@@H](c1cccc(F)c1)c1ccccn1. The lowest BCUT2D eigenvalue weighted by molar-refractivity contribution is -0.133. The maximum atomic E-state index is 13.7. The van der Waals surface area contributed by atoms with Gasteiger partial charge in [-0.3, -0.25) is 9.78 Å². The Morgan fingerprint density at radius 1 is 1.22 bits per heavy atom. The molecule has 0 fully saturated rings. The van der Waals surface area contributed by atoms with Gasteiger partial charge in [0.15, 0.2) is 0 Å². The molecule has 0 aliphatic carbocycles. The molecule has 0 aliphatic rings. The molecule has 0 N–H and O–H groups in total. The average molecular weight is 314 g/mol. The van der Waals surface area contributed by atoms with Crippen molar-refractivity contribution in [2.45, 2.75) is 33.2 Å². The van der Waals surface area contributed by atoms with Gasteiger partial charge >= 0.3 is 0 Å². The van der Waals surface area contributed by atoms with E-state index in [-0.39, 0.29) is 17.1 Å². The molecule has 1 heterocycles. The molecule has 23 heavy (non-hydrogen) atoms. The van der Waals surface area contributed by atoms with Crippen LogP contribution in [0.4, 0.5) is 4.39 Å². The highest BCUT2D eigenvalue weighted by Gasteiger charge is 2.27. The van der Waals surface area contributed by atoms with Crippen LogP contribution in [0, 0.1) is 11.2 Å². The van der Waals surface area contributed by atoms with E-state index in [9.17, 15) is 9.18 Å². The second-order valence-electron chi connectivity index (χ2n) is 6.95. The maximum absolute atomic E-state index is 13.7. The van der Waals surface area contributed by atoms with E-state index < -0.39 is 6.04 Å². The number of rotatable bonds is 4. The molecule has 1 atom stereocenters. The zero-order chi connectivity index (χ0) is 17.0. The average Bonchev–Trinajstić information content (AvgIpc) is 2.47. The summed E-state index contributed by atoms with van der Waals surface area (Å²) in [6.45, 7) is 6.07. The molecule has 4 heteroatoms. The van der Waals surface area contributed by atoms with Crippen molar-refractivity contribution >= 4 is 5.91 Å². The number of hydrogen-bond donors (Lipinski definition) is 0. The number of halogens is 1. The van der Waals surface area contributed by atoms with Crippen molar-refractivity contribution in [1.82, 2.24) is 9.88 Å². The van der Waals surface area contributed by atoms with Gasteiger partial charge in [-0.05, 0) is 35.2 Å². The molecule has 1 amide bonds. The van der Waals surface area contributed by atoms with Crippen molar-refractivity contribution in [1.29, 1.82) is 0 Å². The van der Waals surface area contributed by atoms with Gasteiger partial charge < -0.3 is 4.90 Å². The van der Waals surface area contributed by atoms with Gasteiger partial charge in [0.25, 0.3) is 0 Å². The molecule has 1 aromatic carbocycles. The van der Waals surface area contributed by atoms with Gasteiger partial charge in [0.2, 0.25) is 5.91 Å². The first kappa shape index (κ1) is 17.1. The Bertz CT molecular complexity index is 665. The first-order chi connectivity index (χ1) is 10.8. The zero-order valence-electron chi connectivity index (χ0n) is 14.1. The summed E-state index contributed by atoms with van der Waals surface area (Å²) in [5, 5.41) is 0. The van der Waals surface area contributed by atoms with Crippen molar-refractivity contribution in [3.05, 3.63) is 65.7 Å². The Hall–Kier alpha value is -2.23. The van der Waals surface area contributed by atoms with Crippen LogP contribution in [0.1, 0.15) is 44.5 Å². The van der Waals surface area contributed by atoms with Crippen molar-refractivity contribution in [3.63, 3.8) is 0 Å². The summed E-state index contributed by atoms with van der Waals surface area (Å²) in [5.41, 5.74) is 1.33. The Kier molecular flexibility index (Phi) is 5.14. The highest BCUT2D eigenvalue weighted by atomic mass is 19.1. The molecule has 0 saturated heterocycles. The van der Waals surface area contributed by atoms with Crippen LogP contribution in [0.15, 0.2) is 48.7 Å². The van der Waals surface area contributed by atoms with Crippen LogP contribution in [-0.2, 0) is 4.79 Å². The van der Waals surface area contributed by atoms with Crippen LogP contribution in [0.25, 0.3) is 0 Å². The molecule has 0 bridgehead atoms. The lowest BCUT2D eigenvalue weighted by Crippen LogP contribution is -2.34. The van der Waals surface area contributed by atoms with E-state index in [0.717, 1.165) is 5.69 Å². The molecule has 0 spiro atoms. The minimum absolute atomic E-state index is 0.0115. The third kappa shape index (κ3) is 4.62. The standard InChI is InChI=1S/C19H23FN2O/c1-19(2,3)13-17(23)22(4)18(16-10-5-6-11-21-16)14-8-7-9-15(20)12-14/h5-12,18H,13H2,1-4H3/t18-/m0/s1. The van der Waals surface area contributed by atoms with Crippen molar-refractivity contribution in [3.8, 4) is 0 Å². The minimum Gasteiger partial charge on any atom is -0.333 e. The number of carbonyl (C=O) groups is 1. The quantitative estimate of drug-likeness (QED) is 0.847. The van der Waals surface area contributed by atoms with Gasteiger partial charge in [-0.15, -0.1) is 0 Å². The molecular weight excluding hydrogens is 291 g/mol. The predicted molar refractivity (Wildman–Crippen MR) is 89.3 cm³/mol. The third-order valence-electron chi connectivity index (χ3n) is 3.59. The molecular formula is C19H23FN2O. The number of amides is 1. The number of aromatic nitrogens is 1. The van der Waals surface area contributed by atoms with E-state index in [2.05, 4.69) is 4.98 Å². The Morgan fingerprint density at radius 2 is 1.96 bits per heavy atom. The fourth-order valence-electron chi connectivity index (χ4n) is 2.53. The minimum atomic E-state index is -0.401. The highest BCUT2D eigenvalue weighted by molar-refractivity contribution is 5.77. The molecule has 1 aromatic heterocycles. The first-order valence-corrected chi connectivity index (χ1v) is 7.70. The van der Waals surface area contributed by atoms with Crippen LogP contribution in [0.5, 0.6) is 0 Å². The van der Waals surface area contributed by atoms with Gasteiger partial charge in [-0.2, -0.15) is 0 Å². The number of hydrogen-bond acceptors (Lipinski definition) is 2. The van der Waals surface area contributed by atoms with E-state index in [1.165, 1.54) is 12.1 Å². The summed E-state index contributed by atoms with van der Waals surface area (Å²) < 4.78 is 13.7. The molecule has 0 radical (unpaired) electrons.